The Bertz CT molecular complexity index is 2680. The topological polar surface area (TPSA) is 237 Å². The van der Waals surface area contributed by atoms with Crippen molar-refractivity contribution in [1.82, 2.24) is 0 Å². The van der Waals surface area contributed by atoms with Crippen LogP contribution in [0.1, 0.15) is 297 Å². The Balaban J connectivity index is 5.43. The number of carbonyl (C=O) groups excluding carboxylic acids is 4. The highest BCUT2D eigenvalue weighted by Crippen LogP contribution is 2.45. The van der Waals surface area contributed by atoms with E-state index >= 15 is 0 Å². The lowest BCUT2D eigenvalue weighted by Crippen LogP contribution is -2.30. The second kappa shape index (κ2) is 77.6. The molecule has 0 aliphatic heterocycles. The number of carbonyl (C=O) groups is 4. The quantitative estimate of drug-likeness (QED) is 0.0169. The SMILES string of the molecule is CC/C=C\C/C=C\C/C=C\C/C=C\C/C=C\CCCCCC(=O)OCC(COP(=O)(O)OCC(O)COP(=O)(O)OCC(COC(=O)CCCCCCCCC/C=C\C/C=C\C/C=C\CC)OC(=O)CCCCCCC/C=C\CCCC)OC(=O)CCCCC/C=C\C/C=C\C/C=C\C/C=C\C/C=C\CC. The fourth-order valence-corrected chi connectivity index (χ4v) is 11.7. The Morgan fingerprint density at radius 2 is 0.491 bits per heavy atom. The Kier molecular flexibility index (Phi) is 73.5. The number of rotatable bonds is 74. The first-order valence-corrected chi connectivity index (χ1v) is 43.4. The van der Waals surface area contributed by atoms with Gasteiger partial charge in [-0.1, -0.05) is 275 Å². The van der Waals surface area contributed by atoms with Gasteiger partial charge in [0.05, 0.1) is 26.4 Å². The molecule has 0 bridgehead atoms. The molecule has 0 aromatic carbocycles. The fraction of sp³-hybridized carbons (Fsp3) is 0.632. The van der Waals surface area contributed by atoms with E-state index in [4.69, 9.17) is 37.0 Å². The van der Waals surface area contributed by atoms with Crippen molar-refractivity contribution in [2.75, 3.05) is 39.6 Å². The van der Waals surface area contributed by atoms with Crippen molar-refractivity contribution in [3.8, 4) is 0 Å². The van der Waals surface area contributed by atoms with Crippen molar-refractivity contribution in [2.45, 2.75) is 316 Å². The molecule has 0 aliphatic rings. The fourth-order valence-electron chi connectivity index (χ4n) is 10.1. The van der Waals surface area contributed by atoms with Crippen LogP contribution < -0.4 is 0 Å². The monoisotopic (exact) mass is 1520 g/mol. The summed E-state index contributed by atoms with van der Waals surface area (Å²) in [6.07, 6.45) is 91.9. The third kappa shape index (κ3) is 76.6. The minimum atomic E-state index is -5.00. The van der Waals surface area contributed by atoms with E-state index < -0.39 is 97.5 Å². The number of hydrogen-bond acceptors (Lipinski definition) is 15. The summed E-state index contributed by atoms with van der Waals surface area (Å²) in [6, 6.07) is 0. The summed E-state index contributed by atoms with van der Waals surface area (Å²) in [5.74, 6) is -2.28. The van der Waals surface area contributed by atoms with Crippen molar-refractivity contribution in [1.29, 1.82) is 0 Å². The number of phosphoric ester groups is 2. The van der Waals surface area contributed by atoms with Gasteiger partial charge in [0.25, 0.3) is 0 Å². The van der Waals surface area contributed by atoms with Gasteiger partial charge in [-0.25, -0.2) is 9.13 Å². The number of unbranched alkanes of at least 4 members (excludes halogenated alkanes) is 20. The summed E-state index contributed by atoms with van der Waals surface area (Å²) in [7, 11) is -10.00. The molecule has 0 radical (unpaired) electrons. The van der Waals surface area contributed by atoms with Gasteiger partial charge in [-0.05, 0) is 167 Å². The zero-order chi connectivity index (χ0) is 77.4. The highest BCUT2D eigenvalue weighted by atomic mass is 31.2. The summed E-state index contributed by atoms with van der Waals surface area (Å²) in [6.45, 7) is 4.39. The molecule has 0 aromatic heterocycles. The van der Waals surface area contributed by atoms with Crippen LogP contribution in [0.2, 0.25) is 0 Å². The van der Waals surface area contributed by atoms with Gasteiger partial charge in [-0.3, -0.25) is 37.3 Å². The number of phosphoric acid groups is 2. The number of aliphatic hydroxyl groups is 1. The summed E-state index contributed by atoms with van der Waals surface area (Å²) in [5.41, 5.74) is 0. The average molecular weight is 1520 g/mol. The summed E-state index contributed by atoms with van der Waals surface area (Å²) < 4.78 is 68.6. The predicted octanol–water partition coefficient (Wildman–Crippen LogP) is 23.8. The van der Waals surface area contributed by atoms with E-state index in [2.05, 4.69) is 198 Å². The van der Waals surface area contributed by atoms with Gasteiger partial charge >= 0.3 is 39.5 Å². The van der Waals surface area contributed by atoms with Gasteiger partial charge in [-0.15, -0.1) is 0 Å². The van der Waals surface area contributed by atoms with E-state index in [1.54, 1.807) is 0 Å². The van der Waals surface area contributed by atoms with Gasteiger partial charge in [-0.2, -0.15) is 0 Å². The lowest BCUT2D eigenvalue weighted by molar-refractivity contribution is -0.161. The first kappa shape index (κ1) is 100. The maximum atomic E-state index is 13.1. The van der Waals surface area contributed by atoms with Gasteiger partial charge < -0.3 is 33.8 Å². The molecule has 5 unspecified atom stereocenters. The van der Waals surface area contributed by atoms with Crippen molar-refractivity contribution in [3.63, 3.8) is 0 Å². The Morgan fingerprint density at radius 1 is 0.274 bits per heavy atom. The molecular formula is C87H142O17P2. The maximum absolute atomic E-state index is 13.1. The molecule has 0 heterocycles. The van der Waals surface area contributed by atoms with Gasteiger partial charge in [0, 0.05) is 25.7 Å². The van der Waals surface area contributed by atoms with Crippen LogP contribution in [-0.4, -0.2) is 96.7 Å². The van der Waals surface area contributed by atoms with E-state index in [1.807, 2.05) is 0 Å². The molecule has 0 aliphatic carbocycles. The van der Waals surface area contributed by atoms with Crippen LogP contribution in [0.15, 0.2) is 170 Å². The number of hydrogen-bond donors (Lipinski definition) is 3. The molecule has 0 amide bonds. The molecule has 3 N–H and O–H groups in total. The number of ether oxygens (including phenoxy) is 4. The Labute approximate surface area is 642 Å². The molecule has 0 spiro atoms. The van der Waals surface area contributed by atoms with E-state index in [-0.39, 0.29) is 25.7 Å². The highest BCUT2D eigenvalue weighted by molar-refractivity contribution is 7.47. The van der Waals surface area contributed by atoms with Crippen LogP contribution in [0.4, 0.5) is 0 Å². The Morgan fingerprint density at radius 3 is 0.774 bits per heavy atom. The van der Waals surface area contributed by atoms with Crippen LogP contribution >= 0.6 is 15.6 Å². The van der Waals surface area contributed by atoms with E-state index in [9.17, 15) is 43.2 Å². The number of aliphatic hydroxyl groups excluding tert-OH is 1. The van der Waals surface area contributed by atoms with E-state index in [1.165, 1.54) is 12.8 Å². The van der Waals surface area contributed by atoms with Gasteiger partial charge in [0.2, 0.25) is 0 Å². The minimum Gasteiger partial charge on any atom is -0.462 e. The molecule has 19 heteroatoms. The molecule has 0 fully saturated rings. The van der Waals surface area contributed by atoms with Crippen LogP contribution in [0.25, 0.3) is 0 Å². The second-order valence-corrected chi connectivity index (χ2v) is 29.1. The number of allylic oxidation sites excluding steroid dienone is 28. The standard InChI is InChI=1S/C87H142O17P2/c1-5-9-13-17-21-25-29-32-35-38-40-43-46-49-53-56-60-64-68-72-85(90)98-78-83(104-87(92)74-70-66-62-58-54-50-47-44-41-39-36-33-30-26-22-18-14-10-6-2)80-102-106(95,96)100-76-81(88)75-99-105(93,94)101-79-82(103-86(91)73-69-65-61-57-51-28-24-20-16-12-8-4)77-97-84(89)71-67-63-59-55-52-48-45-42-37-34-31-27-23-19-15-11-7-3/h9-11,13-15,20-27,32-37,40-41,43-44,49-50,53-54,81-83,88H,5-8,12,16-19,28-31,38-39,42,45-48,51-52,55-80H2,1-4H3,(H,93,94)(H,95,96)/b13-9-,14-10-,15-11-,24-20-,25-21-,26-22-,27-23-,35-32-,36-33-,37-34-,43-40-,44-41-,53-49-,54-50-. The van der Waals surface area contributed by atoms with Crippen molar-refractivity contribution >= 4 is 39.5 Å². The summed E-state index contributed by atoms with van der Waals surface area (Å²) >= 11 is 0. The van der Waals surface area contributed by atoms with Crippen LogP contribution in [-0.2, 0) is 65.4 Å². The Hall–Kier alpha value is -5.58. The molecule has 5 atom stereocenters. The molecule has 106 heavy (non-hydrogen) atoms. The summed E-state index contributed by atoms with van der Waals surface area (Å²) in [5, 5.41) is 10.6. The molecule has 602 valence electrons. The van der Waals surface area contributed by atoms with Crippen LogP contribution in [0.5, 0.6) is 0 Å². The summed E-state index contributed by atoms with van der Waals surface area (Å²) in [4.78, 5) is 73.0. The molecule has 0 saturated carbocycles. The zero-order valence-electron chi connectivity index (χ0n) is 65.8. The second-order valence-electron chi connectivity index (χ2n) is 26.2. The average Bonchev–Trinajstić information content (AvgIpc) is 0.901. The van der Waals surface area contributed by atoms with Gasteiger partial charge in [0.15, 0.2) is 12.2 Å². The molecule has 0 rings (SSSR count). The van der Waals surface area contributed by atoms with Crippen LogP contribution in [0.3, 0.4) is 0 Å². The van der Waals surface area contributed by atoms with E-state index in [0.717, 1.165) is 205 Å². The first-order valence-electron chi connectivity index (χ1n) is 40.4. The van der Waals surface area contributed by atoms with Crippen molar-refractivity contribution in [2.24, 2.45) is 0 Å². The maximum Gasteiger partial charge on any atom is 0.472 e. The van der Waals surface area contributed by atoms with Crippen LogP contribution in [0, 0.1) is 0 Å². The zero-order valence-corrected chi connectivity index (χ0v) is 67.6. The molecule has 0 aromatic rings. The smallest absolute Gasteiger partial charge is 0.462 e. The third-order valence-electron chi connectivity index (χ3n) is 16.2. The normalized spacial score (nSPS) is 14.7. The van der Waals surface area contributed by atoms with Crippen molar-refractivity contribution in [3.05, 3.63) is 170 Å². The largest absolute Gasteiger partial charge is 0.472 e. The molecule has 17 nitrogen and oxygen atoms in total. The first-order chi connectivity index (χ1) is 51.7. The molecular weight excluding hydrogens is 1380 g/mol. The van der Waals surface area contributed by atoms with Crippen molar-refractivity contribution < 1.29 is 80.2 Å². The third-order valence-corrected chi connectivity index (χ3v) is 18.1. The highest BCUT2D eigenvalue weighted by Gasteiger charge is 2.30. The predicted molar refractivity (Wildman–Crippen MR) is 436 cm³/mol. The molecule has 0 saturated heterocycles. The lowest BCUT2D eigenvalue weighted by Gasteiger charge is -2.21. The van der Waals surface area contributed by atoms with Gasteiger partial charge in [0.1, 0.15) is 19.3 Å². The van der Waals surface area contributed by atoms with E-state index in [0.29, 0.717) is 25.7 Å². The lowest BCUT2D eigenvalue weighted by atomic mass is 10.1. The minimum absolute atomic E-state index is 0.0416. The number of esters is 4.